The van der Waals surface area contributed by atoms with E-state index in [1.54, 1.807) is 38.1 Å². The minimum absolute atomic E-state index is 0.0928. The van der Waals surface area contributed by atoms with Crippen LogP contribution in [0.4, 0.5) is 5.69 Å². The maximum Gasteiger partial charge on any atom is 0.310 e. The fraction of sp³-hybridized carbons (Fsp3) is 0.591. The summed E-state index contributed by atoms with van der Waals surface area (Å²) in [4.78, 5) is 39.2. The van der Waals surface area contributed by atoms with Crippen LogP contribution < -0.4 is 5.32 Å². The van der Waals surface area contributed by atoms with Gasteiger partial charge in [-0.15, -0.1) is 0 Å². The number of carbonyl (C=O) groups excluding carboxylic acids is 2. The van der Waals surface area contributed by atoms with Gasteiger partial charge in [0.1, 0.15) is 0 Å². The number of aliphatic carboxylic acids is 1. The van der Waals surface area contributed by atoms with Gasteiger partial charge in [0.25, 0.3) is 5.91 Å². The second-order valence-electron chi connectivity index (χ2n) is 8.22. The molecule has 1 aromatic rings. The maximum absolute atomic E-state index is 13.1. The van der Waals surface area contributed by atoms with E-state index in [4.69, 9.17) is 0 Å². The van der Waals surface area contributed by atoms with Gasteiger partial charge in [0.15, 0.2) is 0 Å². The summed E-state index contributed by atoms with van der Waals surface area (Å²) in [6.07, 6.45) is 1.73. The van der Waals surface area contributed by atoms with Gasteiger partial charge in [-0.3, -0.25) is 14.4 Å². The minimum atomic E-state index is -1.08. The highest BCUT2D eigenvalue weighted by Gasteiger charge is 2.37. The molecule has 0 aliphatic carbocycles. The number of carbonyl (C=O) groups is 3. The van der Waals surface area contributed by atoms with Gasteiger partial charge in [0.2, 0.25) is 5.91 Å². The minimum Gasteiger partial charge on any atom is -0.481 e. The number of carboxylic acid groups (broad SMARTS) is 1. The first-order chi connectivity index (χ1) is 13.2. The average Bonchev–Trinajstić information content (AvgIpc) is 2.65. The van der Waals surface area contributed by atoms with E-state index in [2.05, 4.69) is 19.2 Å². The first kappa shape index (κ1) is 21.9. The molecule has 2 unspecified atom stereocenters. The molecule has 2 amide bonds. The summed E-state index contributed by atoms with van der Waals surface area (Å²) >= 11 is 0. The summed E-state index contributed by atoms with van der Waals surface area (Å²) in [5.41, 5.74) is -0.193. The Bertz CT molecular complexity index is 717. The predicted molar refractivity (Wildman–Crippen MR) is 109 cm³/mol. The molecule has 1 aliphatic heterocycles. The van der Waals surface area contributed by atoms with E-state index in [1.807, 2.05) is 4.90 Å². The zero-order valence-corrected chi connectivity index (χ0v) is 17.3. The lowest BCUT2D eigenvalue weighted by Gasteiger charge is -2.35. The quantitative estimate of drug-likeness (QED) is 0.738. The molecule has 1 saturated heterocycles. The number of likely N-dealkylation sites (tertiary alicyclic amines) is 1. The third-order valence-electron chi connectivity index (χ3n) is 5.89. The van der Waals surface area contributed by atoms with E-state index in [0.29, 0.717) is 49.0 Å². The fourth-order valence-electron chi connectivity index (χ4n) is 4.16. The smallest absolute Gasteiger partial charge is 0.310 e. The molecule has 2 rings (SSSR count). The number of piperidine rings is 1. The molecule has 0 aromatic heterocycles. The second-order valence-corrected chi connectivity index (χ2v) is 8.22. The van der Waals surface area contributed by atoms with Gasteiger partial charge in [0.05, 0.1) is 16.7 Å². The van der Waals surface area contributed by atoms with Crippen LogP contribution in [0.15, 0.2) is 24.3 Å². The number of para-hydroxylation sites is 1. The Morgan fingerprint density at radius 3 is 2.21 bits per heavy atom. The second kappa shape index (κ2) is 9.22. The van der Waals surface area contributed by atoms with Crippen molar-refractivity contribution in [3.05, 3.63) is 29.8 Å². The van der Waals surface area contributed by atoms with Crippen LogP contribution in [0.5, 0.6) is 0 Å². The third-order valence-corrected chi connectivity index (χ3v) is 5.89. The van der Waals surface area contributed by atoms with Gasteiger partial charge >= 0.3 is 5.97 Å². The highest BCUT2D eigenvalue weighted by atomic mass is 16.4. The lowest BCUT2D eigenvalue weighted by molar-refractivity contribution is -0.151. The Balaban J connectivity index is 2.18. The van der Waals surface area contributed by atoms with Crippen molar-refractivity contribution >= 4 is 23.5 Å². The van der Waals surface area contributed by atoms with Crippen molar-refractivity contribution in [1.29, 1.82) is 0 Å². The Hall–Kier alpha value is -2.37. The highest BCUT2D eigenvalue weighted by Crippen LogP contribution is 2.32. The molecule has 1 heterocycles. The highest BCUT2D eigenvalue weighted by molar-refractivity contribution is 6.04. The molecule has 0 spiro atoms. The SMILES string of the molecule is CCC(CC)(CC(=O)Nc1ccccc1C(=O)N1CC(C)CC(C)C1)C(=O)O. The standard InChI is InChI=1S/C22H32N2O4/c1-5-22(6-2,21(27)28)12-19(25)23-18-10-8-7-9-17(18)20(26)24-13-15(3)11-16(4)14-24/h7-10,15-16H,5-6,11-14H2,1-4H3,(H,23,25)(H,27,28). The molecule has 0 saturated carbocycles. The summed E-state index contributed by atoms with van der Waals surface area (Å²) in [5.74, 6) is -0.552. The summed E-state index contributed by atoms with van der Waals surface area (Å²) in [6, 6.07) is 6.95. The molecule has 1 aliphatic rings. The van der Waals surface area contributed by atoms with Crippen LogP contribution in [0.3, 0.4) is 0 Å². The monoisotopic (exact) mass is 388 g/mol. The van der Waals surface area contributed by atoms with E-state index in [0.717, 1.165) is 6.42 Å². The molecule has 0 radical (unpaired) electrons. The number of rotatable bonds is 7. The van der Waals surface area contributed by atoms with Crippen molar-refractivity contribution in [2.75, 3.05) is 18.4 Å². The molecule has 2 N–H and O–H groups in total. The van der Waals surface area contributed by atoms with Crippen LogP contribution >= 0.6 is 0 Å². The summed E-state index contributed by atoms with van der Waals surface area (Å²) < 4.78 is 0. The molecule has 6 heteroatoms. The Morgan fingerprint density at radius 1 is 1.11 bits per heavy atom. The van der Waals surface area contributed by atoms with Crippen LogP contribution in [0.25, 0.3) is 0 Å². The maximum atomic E-state index is 13.1. The van der Waals surface area contributed by atoms with Crippen molar-refractivity contribution in [3.63, 3.8) is 0 Å². The Kier molecular flexibility index (Phi) is 7.22. The van der Waals surface area contributed by atoms with Crippen LogP contribution in [0, 0.1) is 17.3 Å². The molecule has 2 atom stereocenters. The van der Waals surface area contributed by atoms with Gasteiger partial charge in [-0.25, -0.2) is 0 Å². The number of hydrogen-bond donors (Lipinski definition) is 2. The van der Waals surface area contributed by atoms with E-state index in [1.165, 1.54) is 0 Å². The van der Waals surface area contributed by atoms with Crippen LogP contribution in [0.1, 0.15) is 63.7 Å². The largest absolute Gasteiger partial charge is 0.481 e. The van der Waals surface area contributed by atoms with Gasteiger partial charge in [-0.05, 0) is 43.2 Å². The lowest BCUT2D eigenvalue weighted by Crippen LogP contribution is -2.42. The number of benzene rings is 1. The van der Waals surface area contributed by atoms with Crippen molar-refractivity contribution in [2.45, 2.75) is 53.4 Å². The molecule has 28 heavy (non-hydrogen) atoms. The fourth-order valence-corrected chi connectivity index (χ4v) is 4.16. The van der Waals surface area contributed by atoms with Crippen molar-refractivity contribution < 1.29 is 19.5 Å². The van der Waals surface area contributed by atoms with E-state index >= 15 is 0 Å². The van der Waals surface area contributed by atoms with Gasteiger partial charge in [-0.2, -0.15) is 0 Å². The number of anilines is 1. The molecule has 154 valence electrons. The average molecular weight is 389 g/mol. The van der Waals surface area contributed by atoms with Crippen molar-refractivity contribution in [1.82, 2.24) is 4.90 Å². The number of hydrogen-bond acceptors (Lipinski definition) is 3. The third kappa shape index (κ3) is 4.91. The first-order valence-corrected chi connectivity index (χ1v) is 10.1. The molecule has 1 aromatic carbocycles. The molecule has 0 bridgehead atoms. The van der Waals surface area contributed by atoms with Crippen LogP contribution in [0.2, 0.25) is 0 Å². The van der Waals surface area contributed by atoms with Gasteiger partial charge in [-0.1, -0.05) is 39.8 Å². The molecule has 6 nitrogen and oxygen atoms in total. The van der Waals surface area contributed by atoms with Crippen molar-refractivity contribution in [2.24, 2.45) is 17.3 Å². The number of carboxylic acids is 1. The molecular formula is C22H32N2O4. The van der Waals surface area contributed by atoms with E-state index in [-0.39, 0.29) is 18.2 Å². The topological polar surface area (TPSA) is 86.7 Å². The van der Waals surface area contributed by atoms with Gasteiger partial charge < -0.3 is 15.3 Å². The lowest BCUT2D eigenvalue weighted by atomic mass is 9.79. The Morgan fingerprint density at radius 2 is 1.68 bits per heavy atom. The van der Waals surface area contributed by atoms with Crippen LogP contribution in [-0.2, 0) is 9.59 Å². The van der Waals surface area contributed by atoms with E-state index in [9.17, 15) is 19.5 Å². The zero-order valence-electron chi connectivity index (χ0n) is 17.3. The summed E-state index contributed by atoms with van der Waals surface area (Å²) in [5, 5.41) is 12.3. The number of nitrogens with one attached hydrogen (secondary N) is 1. The van der Waals surface area contributed by atoms with Crippen molar-refractivity contribution in [3.8, 4) is 0 Å². The molecule has 1 fully saturated rings. The molecular weight excluding hydrogens is 356 g/mol. The Labute approximate surface area is 167 Å². The van der Waals surface area contributed by atoms with Gasteiger partial charge in [0, 0.05) is 19.5 Å². The van der Waals surface area contributed by atoms with E-state index < -0.39 is 11.4 Å². The zero-order chi connectivity index (χ0) is 20.9. The van der Waals surface area contributed by atoms with Crippen LogP contribution in [-0.4, -0.2) is 40.9 Å². The number of amides is 2. The number of nitrogens with zero attached hydrogens (tertiary/aromatic N) is 1. The predicted octanol–water partition coefficient (Wildman–Crippen LogP) is 4.02. The first-order valence-electron chi connectivity index (χ1n) is 10.1. The summed E-state index contributed by atoms with van der Waals surface area (Å²) in [6.45, 7) is 9.26. The summed E-state index contributed by atoms with van der Waals surface area (Å²) in [7, 11) is 0. The normalized spacial score (nSPS) is 19.9.